The molecule has 0 radical (unpaired) electrons. The lowest BCUT2D eigenvalue weighted by molar-refractivity contribution is -0.117. The minimum Gasteiger partial charge on any atom is -0.311 e. The zero-order valence-electron chi connectivity index (χ0n) is 8.86. The van der Waals surface area contributed by atoms with Gasteiger partial charge in [0.2, 0.25) is 5.91 Å². The van der Waals surface area contributed by atoms with Crippen LogP contribution in [0.4, 0.5) is 5.82 Å². The van der Waals surface area contributed by atoms with E-state index in [9.17, 15) is 4.79 Å². The summed E-state index contributed by atoms with van der Waals surface area (Å²) in [6.45, 7) is 0. The van der Waals surface area contributed by atoms with E-state index in [-0.39, 0.29) is 11.8 Å². The number of hydrogen-bond acceptors (Lipinski definition) is 2. The zero-order chi connectivity index (χ0) is 10.4. The lowest BCUT2D eigenvalue weighted by Gasteiger charge is -2.02. The summed E-state index contributed by atoms with van der Waals surface area (Å²) in [4.78, 5) is 11.6. The van der Waals surface area contributed by atoms with Gasteiger partial charge in [0.1, 0.15) is 5.82 Å². The molecule has 0 spiro atoms. The van der Waals surface area contributed by atoms with Gasteiger partial charge in [0.05, 0.1) is 5.69 Å². The van der Waals surface area contributed by atoms with Crippen LogP contribution in [-0.2, 0) is 11.8 Å². The van der Waals surface area contributed by atoms with Crippen molar-refractivity contribution in [1.29, 1.82) is 0 Å². The van der Waals surface area contributed by atoms with E-state index in [0.29, 0.717) is 5.92 Å². The summed E-state index contributed by atoms with van der Waals surface area (Å²) in [5, 5.41) is 7.34. The summed E-state index contributed by atoms with van der Waals surface area (Å²) >= 11 is 0. The fourth-order valence-electron chi connectivity index (χ4n) is 1.76. The van der Waals surface area contributed by atoms with Crippen LogP contribution in [0.1, 0.15) is 37.3 Å². The maximum absolute atomic E-state index is 11.6. The van der Waals surface area contributed by atoms with Crippen LogP contribution in [0.5, 0.6) is 0 Å². The van der Waals surface area contributed by atoms with E-state index in [1.807, 2.05) is 13.1 Å². The van der Waals surface area contributed by atoms with Crippen LogP contribution in [0.3, 0.4) is 0 Å². The number of aromatic nitrogens is 2. The Morgan fingerprint density at radius 1 is 1.47 bits per heavy atom. The van der Waals surface area contributed by atoms with Crippen molar-refractivity contribution in [3.05, 3.63) is 11.8 Å². The van der Waals surface area contributed by atoms with E-state index in [4.69, 9.17) is 0 Å². The van der Waals surface area contributed by atoms with Crippen LogP contribution in [0.15, 0.2) is 6.07 Å². The van der Waals surface area contributed by atoms with Crippen LogP contribution in [0, 0.1) is 5.92 Å². The predicted octanol–water partition coefficient (Wildman–Crippen LogP) is 1.65. The molecule has 15 heavy (non-hydrogen) atoms. The minimum absolute atomic E-state index is 0.153. The molecule has 1 N–H and O–H groups in total. The van der Waals surface area contributed by atoms with Crippen molar-refractivity contribution in [3.63, 3.8) is 0 Å². The molecule has 0 aliphatic heterocycles. The first-order valence-corrected chi connectivity index (χ1v) is 5.59. The molecule has 4 heteroatoms. The quantitative estimate of drug-likeness (QED) is 0.815. The van der Waals surface area contributed by atoms with Gasteiger partial charge in [-0.15, -0.1) is 0 Å². The van der Waals surface area contributed by atoms with Gasteiger partial charge in [-0.25, -0.2) is 0 Å². The maximum Gasteiger partial charge on any atom is 0.228 e. The fourth-order valence-corrected chi connectivity index (χ4v) is 1.76. The molecule has 2 aliphatic rings. The third-order valence-electron chi connectivity index (χ3n) is 3.09. The van der Waals surface area contributed by atoms with Gasteiger partial charge >= 0.3 is 0 Å². The highest BCUT2D eigenvalue weighted by atomic mass is 16.2. The van der Waals surface area contributed by atoms with Gasteiger partial charge in [0.15, 0.2) is 0 Å². The van der Waals surface area contributed by atoms with Gasteiger partial charge in [-0.05, 0) is 25.7 Å². The largest absolute Gasteiger partial charge is 0.311 e. The van der Waals surface area contributed by atoms with Crippen LogP contribution >= 0.6 is 0 Å². The molecule has 80 valence electrons. The van der Waals surface area contributed by atoms with Crippen LogP contribution in [-0.4, -0.2) is 15.7 Å². The van der Waals surface area contributed by atoms with Crippen LogP contribution < -0.4 is 5.32 Å². The fraction of sp³-hybridized carbons (Fsp3) is 0.636. The number of amides is 1. The Bertz CT molecular complexity index is 402. The smallest absolute Gasteiger partial charge is 0.228 e. The maximum atomic E-state index is 11.6. The summed E-state index contributed by atoms with van der Waals surface area (Å²) in [6, 6.07) is 2.01. The van der Waals surface area contributed by atoms with E-state index >= 15 is 0 Å². The number of carbonyl (C=O) groups is 1. The van der Waals surface area contributed by atoms with Crippen LogP contribution in [0.2, 0.25) is 0 Å². The highest BCUT2D eigenvalue weighted by molar-refractivity contribution is 5.93. The molecular formula is C11H15N3O. The molecule has 2 aliphatic carbocycles. The third-order valence-corrected chi connectivity index (χ3v) is 3.09. The Morgan fingerprint density at radius 2 is 2.20 bits per heavy atom. The monoisotopic (exact) mass is 205 g/mol. The molecule has 1 aromatic heterocycles. The lowest BCUT2D eigenvalue weighted by Crippen LogP contribution is -2.15. The predicted molar refractivity (Wildman–Crippen MR) is 56.5 cm³/mol. The number of nitrogens with one attached hydrogen (secondary N) is 1. The van der Waals surface area contributed by atoms with Crippen molar-refractivity contribution in [2.24, 2.45) is 13.0 Å². The van der Waals surface area contributed by atoms with E-state index in [1.54, 1.807) is 4.68 Å². The van der Waals surface area contributed by atoms with Crippen molar-refractivity contribution < 1.29 is 4.79 Å². The summed E-state index contributed by atoms with van der Waals surface area (Å²) in [6.07, 6.45) is 4.57. The number of nitrogens with zero attached hydrogens (tertiary/aromatic N) is 2. The highest BCUT2D eigenvalue weighted by Crippen LogP contribution is 2.40. The highest BCUT2D eigenvalue weighted by Gasteiger charge is 2.31. The van der Waals surface area contributed by atoms with Gasteiger partial charge in [0.25, 0.3) is 0 Å². The summed E-state index contributed by atoms with van der Waals surface area (Å²) < 4.78 is 1.77. The minimum atomic E-state index is 0.153. The second-order valence-electron chi connectivity index (χ2n) is 4.62. The van der Waals surface area contributed by atoms with E-state index in [1.165, 1.54) is 12.8 Å². The van der Waals surface area contributed by atoms with Crippen LogP contribution in [0.25, 0.3) is 0 Å². The van der Waals surface area contributed by atoms with E-state index in [0.717, 1.165) is 24.4 Å². The molecular weight excluding hydrogens is 190 g/mol. The van der Waals surface area contributed by atoms with Gasteiger partial charge in [-0.3, -0.25) is 9.48 Å². The molecule has 1 aromatic rings. The molecule has 0 aromatic carbocycles. The van der Waals surface area contributed by atoms with E-state index < -0.39 is 0 Å². The molecule has 4 nitrogen and oxygen atoms in total. The first-order valence-electron chi connectivity index (χ1n) is 5.59. The Labute approximate surface area is 88.7 Å². The number of anilines is 1. The molecule has 0 bridgehead atoms. The second kappa shape index (κ2) is 3.08. The number of aryl methyl sites for hydroxylation is 1. The summed E-state index contributed by atoms with van der Waals surface area (Å²) in [5.41, 5.74) is 1.13. The van der Waals surface area contributed by atoms with Crippen molar-refractivity contribution in [3.8, 4) is 0 Å². The molecule has 2 saturated carbocycles. The van der Waals surface area contributed by atoms with Crippen molar-refractivity contribution >= 4 is 11.7 Å². The zero-order valence-corrected chi connectivity index (χ0v) is 8.86. The first kappa shape index (κ1) is 8.95. The molecule has 1 heterocycles. The summed E-state index contributed by atoms with van der Waals surface area (Å²) in [5.74, 6) is 1.89. The van der Waals surface area contributed by atoms with Gasteiger partial charge in [-0.1, -0.05) is 0 Å². The molecule has 1 amide bonds. The molecule has 3 rings (SSSR count). The Hall–Kier alpha value is -1.32. The number of hydrogen-bond donors (Lipinski definition) is 1. The van der Waals surface area contributed by atoms with E-state index in [2.05, 4.69) is 10.4 Å². The topological polar surface area (TPSA) is 46.9 Å². The standard InChI is InChI=1S/C11H15N3O/c1-14-10(12-11(15)8-4-5-8)6-9(13-14)7-2-3-7/h6-8H,2-5H2,1H3,(H,12,15). The average molecular weight is 205 g/mol. The number of carbonyl (C=O) groups excluding carboxylic acids is 1. The first-order chi connectivity index (χ1) is 7.24. The Balaban J connectivity index is 1.75. The molecule has 2 fully saturated rings. The average Bonchev–Trinajstić information content (AvgIpc) is 3.08. The van der Waals surface area contributed by atoms with Gasteiger partial charge < -0.3 is 5.32 Å². The van der Waals surface area contributed by atoms with Crippen molar-refractivity contribution in [1.82, 2.24) is 9.78 Å². The van der Waals surface area contributed by atoms with Gasteiger partial charge in [-0.2, -0.15) is 5.10 Å². The second-order valence-corrected chi connectivity index (χ2v) is 4.62. The third kappa shape index (κ3) is 1.76. The summed E-state index contributed by atoms with van der Waals surface area (Å²) in [7, 11) is 1.88. The van der Waals surface area contributed by atoms with Crippen molar-refractivity contribution in [2.75, 3.05) is 5.32 Å². The molecule has 0 atom stereocenters. The molecule has 0 saturated heterocycles. The van der Waals surface area contributed by atoms with Crippen molar-refractivity contribution in [2.45, 2.75) is 31.6 Å². The van der Waals surface area contributed by atoms with Gasteiger partial charge in [0, 0.05) is 24.9 Å². The Kier molecular flexibility index (Phi) is 1.84. The Morgan fingerprint density at radius 3 is 2.80 bits per heavy atom. The normalized spacial score (nSPS) is 20.3. The SMILES string of the molecule is Cn1nc(C2CC2)cc1NC(=O)C1CC1. The number of rotatable bonds is 3. The lowest BCUT2D eigenvalue weighted by atomic mass is 10.3. The molecule has 0 unspecified atom stereocenters.